The summed E-state index contributed by atoms with van der Waals surface area (Å²) >= 11 is 0. The van der Waals surface area contributed by atoms with E-state index in [2.05, 4.69) is 20.2 Å². The number of ether oxygens (including phenoxy) is 1. The lowest BCUT2D eigenvalue weighted by Gasteiger charge is -2.16. The lowest BCUT2D eigenvalue weighted by atomic mass is 10.4. The van der Waals surface area contributed by atoms with Gasteiger partial charge < -0.3 is 20.7 Å². The van der Waals surface area contributed by atoms with Crippen LogP contribution in [0.2, 0.25) is 0 Å². The highest BCUT2D eigenvalue weighted by molar-refractivity contribution is 5.66. The minimum absolute atomic E-state index is 0.0506. The van der Waals surface area contributed by atoms with Gasteiger partial charge in [0, 0.05) is 13.1 Å². The average Bonchev–Trinajstić information content (AvgIpc) is 2.86. The molecule has 0 aliphatic carbocycles. The lowest BCUT2D eigenvalue weighted by Crippen LogP contribution is -2.26. The minimum atomic E-state index is 0.0506. The quantitative estimate of drug-likeness (QED) is 0.808. The van der Waals surface area contributed by atoms with Crippen LogP contribution in [0.1, 0.15) is 26.7 Å². The van der Waals surface area contributed by atoms with Crippen molar-refractivity contribution < 1.29 is 4.74 Å². The summed E-state index contributed by atoms with van der Waals surface area (Å²) in [6.07, 6.45) is 4.14. The molecule has 0 saturated carbocycles. The van der Waals surface area contributed by atoms with Crippen LogP contribution in [0, 0.1) is 0 Å². The van der Waals surface area contributed by atoms with E-state index in [0.717, 1.165) is 13.1 Å². The highest BCUT2D eigenvalue weighted by Crippen LogP contribution is 2.25. The molecule has 3 N–H and O–H groups in total. The van der Waals surface area contributed by atoms with Crippen LogP contribution in [0.4, 0.5) is 11.5 Å². The molecule has 6 heteroatoms. The molecule has 0 amide bonds. The number of hydrogen-bond donors (Lipinski definition) is 2. The second kappa shape index (κ2) is 6.56. The molecule has 0 bridgehead atoms. The molecular formula is C13H23N5O. The van der Waals surface area contributed by atoms with Crippen LogP contribution < -0.4 is 15.8 Å². The molecule has 1 fully saturated rings. The van der Waals surface area contributed by atoms with E-state index in [1.54, 1.807) is 0 Å². The molecule has 6 nitrogen and oxygen atoms in total. The maximum Gasteiger partial charge on any atom is 0.242 e. The second-order valence-electron chi connectivity index (χ2n) is 5.08. The fourth-order valence-electron chi connectivity index (χ4n) is 2.18. The van der Waals surface area contributed by atoms with Gasteiger partial charge in [0.25, 0.3) is 0 Å². The van der Waals surface area contributed by atoms with Crippen molar-refractivity contribution in [2.75, 3.05) is 37.2 Å². The Morgan fingerprint density at radius 2 is 2.11 bits per heavy atom. The average molecular weight is 265 g/mol. The zero-order chi connectivity index (χ0) is 13.7. The van der Waals surface area contributed by atoms with E-state index in [-0.39, 0.29) is 6.10 Å². The number of nitrogen functional groups attached to an aromatic ring is 1. The van der Waals surface area contributed by atoms with Gasteiger partial charge in [-0.1, -0.05) is 0 Å². The SMILES string of the molecule is CC(C)Oc1ncnc(NCCN2CCCC2)c1N. The zero-order valence-electron chi connectivity index (χ0n) is 11.7. The Hall–Kier alpha value is -1.56. The van der Waals surface area contributed by atoms with E-state index in [4.69, 9.17) is 10.5 Å². The first-order chi connectivity index (χ1) is 9.16. The van der Waals surface area contributed by atoms with Gasteiger partial charge in [0.2, 0.25) is 5.88 Å². The van der Waals surface area contributed by atoms with Crippen molar-refractivity contribution in [3.8, 4) is 5.88 Å². The first-order valence-corrected chi connectivity index (χ1v) is 6.90. The number of hydrogen-bond acceptors (Lipinski definition) is 6. The third-order valence-corrected chi connectivity index (χ3v) is 3.11. The van der Waals surface area contributed by atoms with Crippen molar-refractivity contribution in [2.24, 2.45) is 0 Å². The lowest BCUT2D eigenvalue weighted by molar-refractivity contribution is 0.234. The molecule has 106 valence electrons. The fraction of sp³-hybridized carbons (Fsp3) is 0.692. The summed E-state index contributed by atoms with van der Waals surface area (Å²) in [4.78, 5) is 10.7. The molecule has 0 atom stereocenters. The van der Waals surface area contributed by atoms with Crippen LogP contribution in [0.15, 0.2) is 6.33 Å². The van der Waals surface area contributed by atoms with Crippen molar-refractivity contribution >= 4 is 11.5 Å². The van der Waals surface area contributed by atoms with E-state index < -0.39 is 0 Å². The van der Waals surface area contributed by atoms with E-state index >= 15 is 0 Å². The van der Waals surface area contributed by atoms with Gasteiger partial charge >= 0.3 is 0 Å². The van der Waals surface area contributed by atoms with Gasteiger partial charge in [0.05, 0.1) is 6.10 Å². The minimum Gasteiger partial charge on any atom is -0.473 e. The van der Waals surface area contributed by atoms with Gasteiger partial charge in [0.15, 0.2) is 5.82 Å². The van der Waals surface area contributed by atoms with Gasteiger partial charge in [-0.15, -0.1) is 0 Å². The summed E-state index contributed by atoms with van der Waals surface area (Å²) in [5.74, 6) is 1.11. The molecule has 19 heavy (non-hydrogen) atoms. The van der Waals surface area contributed by atoms with Crippen LogP contribution in [0.3, 0.4) is 0 Å². The number of rotatable bonds is 6. The topological polar surface area (TPSA) is 76.3 Å². The van der Waals surface area contributed by atoms with E-state index in [0.29, 0.717) is 17.4 Å². The first kappa shape index (κ1) is 13.9. The number of nitrogens with two attached hydrogens (primary N) is 1. The zero-order valence-corrected chi connectivity index (χ0v) is 11.7. The normalized spacial score (nSPS) is 15.9. The Bertz CT molecular complexity index is 404. The molecule has 1 aromatic heterocycles. The Labute approximate surface area is 114 Å². The smallest absolute Gasteiger partial charge is 0.242 e. The van der Waals surface area contributed by atoms with Crippen LogP contribution in [0.5, 0.6) is 5.88 Å². The highest BCUT2D eigenvalue weighted by Gasteiger charge is 2.13. The van der Waals surface area contributed by atoms with E-state index in [9.17, 15) is 0 Å². The summed E-state index contributed by atoms with van der Waals surface area (Å²) in [5, 5.41) is 3.26. The third-order valence-electron chi connectivity index (χ3n) is 3.11. The van der Waals surface area contributed by atoms with Gasteiger partial charge in [-0.25, -0.2) is 4.98 Å². The molecular weight excluding hydrogens is 242 g/mol. The summed E-state index contributed by atoms with van der Waals surface area (Å²) in [6, 6.07) is 0. The standard InChI is InChI=1S/C13H23N5O/c1-10(2)19-13-11(14)12(16-9-17-13)15-5-8-18-6-3-4-7-18/h9-10H,3-8,14H2,1-2H3,(H,15,16,17). The summed E-state index contributed by atoms with van der Waals surface area (Å²) < 4.78 is 5.54. The predicted molar refractivity (Wildman–Crippen MR) is 76.4 cm³/mol. The van der Waals surface area contributed by atoms with Crippen LogP contribution >= 0.6 is 0 Å². The molecule has 1 saturated heterocycles. The van der Waals surface area contributed by atoms with Gasteiger partial charge in [-0.2, -0.15) is 4.98 Å². The summed E-state index contributed by atoms with van der Waals surface area (Å²) in [6.45, 7) is 8.14. The molecule has 0 radical (unpaired) electrons. The molecule has 2 rings (SSSR count). The fourth-order valence-corrected chi connectivity index (χ4v) is 2.18. The van der Waals surface area contributed by atoms with Crippen LogP contribution in [-0.2, 0) is 0 Å². The van der Waals surface area contributed by atoms with E-state index in [1.165, 1.54) is 32.3 Å². The third kappa shape index (κ3) is 3.96. The maximum atomic E-state index is 6.00. The highest BCUT2D eigenvalue weighted by atomic mass is 16.5. The maximum absolute atomic E-state index is 6.00. The van der Waals surface area contributed by atoms with Crippen LogP contribution in [0.25, 0.3) is 0 Å². The Morgan fingerprint density at radius 1 is 1.37 bits per heavy atom. The molecule has 0 aromatic carbocycles. The van der Waals surface area contributed by atoms with Crippen molar-refractivity contribution in [1.29, 1.82) is 0 Å². The second-order valence-corrected chi connectivity index (χ2v) is 5.08. The molecule has 1 aliphatic heterocycles. The molecule has 2 heterocycles. The number of nitrogens with zero attached hydrogens (tertiary/aromatic N) is 3. The van der Waals surface area contributed by atoms with Gasteiger partial charge in [-0.05, 0) is 39.8 Å². The number of anilines is 2. The van der Waals surface area contributed by atoms with Crippen molar-refractivity contribution in [2.45, 2.75) is 32.8 Å². The molecule has 0 spiro atoms. The monoisotopic (exact) mass is 265 g/mol. The number of nitrogens with one attached hydrogen (secondary N) is 1. The largest absolute Gasteiger partial charge is 0.473 e. The van der Waals surface area contributed by atoms with Crippen molar-refractivity contribution in [1.82, 2.24) is 14.9 Å². The molecule has 1 aromatic rings. The van der Waals surface area contributed by atoms with E-state index in [1.807, 2.05) is 13.8 Å². The Kier molecular flexibility index (Phi) is 4.79. The van der Waals surface area contributed by atoms with Crippen molar-refractivity contribution in [3.05, 3.63) is 6.33 Å². The Morgan fingerprint density at radius 3 is 2.79 bits per heavy atom. The Balaban J connectivity index is 1.88. The predicted octanol–water partition coefficient (Wildman–Crippen LogP) is 1.35. The van der Waals surface area contributed by atoms with Gasteiger partial charge in [-0.3, -0.25) is 0 Å². The van der Waals surface area contributed by atoms with Crippen LogP contribution in [-0.4, -0.2) is 47.2 Å². The summed E-state index contributed by atoms with van der Waals surface area (Å²) in [5.41, 5.74) is 6.48. The molecule has 0 unspecified atom stereocenters. The van der Waals surface area contributed by atoms with Gasteiger partial charge in [0.1, 0.15) is 12.0 Å². The number of likely N-dealkylation sites (tertiary alicyclic amines) is 1. The number of aromatic nitrogens is 2. The molecule has 1 aliphatic rings. The van der Waals surface area contributed by atoms with Crippen molar-refractivity contribution in [3.63, 3.8) is 0 Å². The summed E-state index contributed by atoms with van der Waals surface area (Å²) in [7, 11) is 0. The first-order valence-electron chi connectivity index (χ1n) is 6.90.